The van der Waals surface area contributed by atoms with Crippen LogP contribution in [-0.4, -0.2) is 32.9 Å². The van der Waals surface area contributed by atoms with Gasteiger partial charge in [0.2, 0.25) is 0 Å². The van der Waals surface area contributed by atoms with Crippen molar-refractivity contribution in [3.05, 3.63) is 28.7 Å². The van der Waals surface area contributed by atoms with Crippen molar-refractivity contribution in [3.63, 3.8) is 0 Å². The first kappa shape index (κ1) is 16.8. The SMILES string of the molecule is CC(C)CNCC1(CCOc2cccc(Br)c2)CCOC1. The van der Waals surface area contributed by atoms with Crippen molar-refractivity contribution in [2.45, 2.75) is 26.7 Å². The summed E-state index contributed by atoms with van der Waals surface area (Å²) < 4.78 is 12.6. The van der Waals surface area contributed by atoms with Gasteiger partial charge in [-0.1, -0.05) is 35.8 Å². The Morgan fingerprint density at radius 2 is 2.29 bits per heavy atom. The summed E-state index contributed by atoms with van der Waals surface area (Å²) in [6, 6.07) is 8.02. The monoisotopic (exact) mass is 355 g/mol. The van der Waals surface area contributed by atoms with Gasteiger partial charge in [-0.25, -0.2) is 0 Å². The van der Waals surface area contributed by atoms with E-state index in [4.69, 9.17) is 9.47 Å². The van der Waals surface area contributed by atoms with Gasteiger partial charge in [0.15, 0.2) is 0 Å². The summed E-state index contributed by atoms with van der Waals surface area (Å²) in [6.45, 7) is 9.02. The lowest BCUT2D eigenvalue weighted by Crippen LogP contribution is -2.37. The Hall–Kier alpha value is -0.580. The number of benzene rings is 1. The molecule has 1 unspecified atom stereocenters. The van der Waals surface area contributed by atoms with E-state index in [1.807, 2.05) is 24.3 Å². The highest BCUT2D eigenvalue weighted by molar-refractivity contribution is 9.10. The predicted molar refractivity (Wildman–Crippen MR) is 89.8 cm³/mol. The quantitative estimate of drug-likeness (QED) is 0.767. The Bertz CT molecular complexity index is 431. The average Bonchev–Trinajstić information content (AvgIpc) is 2.87. The molecule has 1 heterocycles. The van der Waals surface area contributed by atoms with E-state index in [-0.39, 0.29) is 5.41 Å². The van der Waals surface area contributed by atoms with Gasteiger partial charge in [0.25, 0.3) is 0 Å². The van der Waals surface area contributed by atoms with Gasteiger partial charge < -0.3 is 14.8 Å². The van der Waals surface area contributed by atoms with E-state index in [2.05, 4.69) is 35.1 Å². The highest BCUT2D eigenvalue weighted by Crippen LogP contribution is 2.32. The molecule has 1 aromatic rings. The molecule has 1 aromatic carbocycles. The molecular weight excluding hydrogens is 330 g/mol. The number of halogens is 1. The largest absolute Gasteiger partial charge is 0.494 e. The number of rotatable bonds is 8. The standard InChI is InChI=1S/C17H26BrNO2/c1-14(2)11-19-12-17(6-8-20-13-17)7-9-21-16-5-3-4-15(18)10-16/h3-5,10,14,19H,6-9,11-13H2,1-2H3. The Kier molecular flexibility index (Phi) is 6.52. The fourth-order valence-electron chi connectivity index (χ4n) is 2.64. The fourth-order valence-corrected chi connectivity index (χ4v) is 3.02. The molecule has 1 fully saturated rings. The third-order valence-corrected chi connectivity index (χ3v) is 4.43. The summed E-state index contributed by atoms with van der Waals surface area (Å²) in [4.78, 5) is 0. The van der Waals surface area contributed by atoms with E-state index in [1.54, 1.807) is 0 Å². The van der Waals surface area contributed by atoms with E-state index in [0.29, 0.717) is 5.92 Å². The summed E-state index contributed by atoms with van der Waals surface area (Å²) >= 11 is 3.47. The summed E-state index contributed by atoms with van der Waals surface area (Å²) in [5.41, 5.74) is 0.237. The van der Waals surface area contributed by atoms with Crippen molar-refractivity contribution in [1.82, 2.24) is 5.32 Å². The zero-order chi connectivity index (χ0) is 15.1. The molecule has 0 saturated carbocycles. The van der Waals surface area contributed by atoms with Crippen molar-refractivity contribution in [1.29, 1.82) is 0 Å². The topological polar surface area (TPSA) is 30.5 Å². The molecule has 1 N–H and O–H groups in total. The van der Waals surface area contributed by atoms with Gasteiger partial charge >= 0.3 is 0 Å². The van der Waals surface area contributed by atoms with Crippen LogP contribution < -0.4 is 10.1 Å². The minimum atomic E-state index is 0.237. The molecule has 4 heteroatoms. The summed E-state index contributed by atoms with van der Waals surface area (Å²) in [5, 5.41) is 3.58. The summed E-state index contributed by atoms with van der Waals surface area (Å²) in [7, 11) is 0. The van der Waals surface area contributed by atoms with Crippen LogP contribution in [0.5, 0.6) is 5.75 Å². The first-order valence-electron chi connectivity index (χ1n) is 7.76. The average molecular weight is 356 g/mol. The van der Waals surface area contributed by atoms with Crippen molar-refractivity contribution < 1.29 is 9.47 Å². The molecule has 0 aliphatic carbocycles. The molecule has 1 aliphatic rings. The van der Waals surface area contributed by atoms with Gasteiger partial charge in [-0.15, -0.1) is 0 Å². The molecule has 21 heavy (non-hydrogen) atoms. The highest BCUT2D eigenvalue weighted by Gasteiger charge is 2.34. The molecule has 0 aromatic heterocycles. The first-order valence-corrected chi connectivity index (χ1v) is 8.56. The van der Waals surface area contributed by atoms with Crippen LogP contribution in [0.15, 0.2) is 28.7 Å². The first-order chi connectivity index (χ1) is 10.1. The molecule has 1 atom stereocenters. The van der Waals surface area contributed by atoms with E-state index in [9.17, 15) is 0 Å². The second-order valence-electron chi connectivity index (χ2n) is 6.38. The van der Waals surface area contributed by atoms with E-state index < -0.39 is 0 Å². The van der Waals surface area contributed by atoms with E-state index >= 15 is 0 Å². The maximum Gasteiger partial charge on any atom is 0.120 e. The normalized spacial score (nSPS) is 21.9. The van der Waals surface area contributed by atoms with E-state index in [1.165, 1.54) is 0 Å². The van der Waals surface area contributed by atoms with Crippen LogP contribution in [0.4, 0.5) is 0 Å². The number of hydrogen-bond donors (Lipinski definition) is 1. The van der Waals surface area contributed by atoms with Crippen molar-refractivity contribution in [3.8, 4) is 5.75 Å². The second-order valence-corrected chi connectivity index (χ2v) is 7.30. The van der Waals surface area contributed by atoms with Crippen LogP contribution in [0.1, 0.15) is 26.7 Å². The lowest BCUT2D eigenvalue weighted by Gasteiger charge is -2.28. The summed E-state index contributed by atoms with van der Waals surface area (Å²) in [6.07, 6.45) is 2.16. The van der Waals surface area contributed by atoms with Crippen LogP contribution in [0, 0.1) is 11.3 Å². The molecule has 0 bridgehead atoms. The van der Waals surface area contributed by atoms with E-state index in [0.717, 1.165) is 56.0 Å². The van der Waals surface area contributed by atoms with Gasteiger partial charge in [-0.05, 0) is 43.5 Å². The number of ether oxygens (including phenoxy) is 2. The molecular formula is C17H26BrNO2. The van der Waals surface area contributed by atoms with Gasteiger partial charge in [0, 0.05) is 23.0 Å². The van der Waals surface area contributed by atoms with Crippen LogP contribution in [-0.2, 0) is 4.74 Å². The Morgan fingerprint density at radius 3 is 2.95 bits per heavy atom. The fraction of sp³-hybridized carbons (Fsp3) is 0.647. The van der Waals surface area contributed by atoms with Crippen molar-refractivity contribution in [2.24, 2.45) is 11.3 Å². The highest BCUT2D eigenvalue weighted by atomic mass is 79.9. The molecule has 0 amide bonds. The number of hydrogen-bond acceptors (Lipinski definition) is 3. The number of nitrogens with one attached hydrogen (secondary N) is 1. The molecule has 2 rings (SSSR count). The Balaban J connectivity index is 1.79. The minimum Gasteiger partial charge on any atom is -0.494 e. The molecule has 3 nitrogen and oxygen atoms in total. The summed E-state index contributed by atoms with van der Waals surface area (Å²) in [5.74, 6) is 1.61. The van der Waals surface area contributed by atoms with Gasteiger partial charge in [-0.2, -0.15) is 0 Å². The smallest absolute Gasteiger partial charge is 0.120 e. The van der Waals surface area contributed by atoms with Crippen LogP contribution in [0.3, 0.4) is 0 Å². The zero-order valence-electron chi connectivity index (χ0n) is 13.0. The minimum absolute atomic E-state index is 0.237. The Morgan fingerprint density at radius 1 is 1.43 bits per heavy atom. The van der Waals surface area contributed by atoms with Crippen molar-refractivity contribution in [2.75, 3.05) is 32.9 Å². The van der Waals surface area contributed by atoms with Crippen LogP contribution >= 0.6 is 15.9 Å². The second kappa shape index (κ2) is 8.16. The lowest BCUT2D eigenvalue weighted by molar-refractivity contribution is 0.128. The van der Waals surface area contributed by atoms with Crippen LogP contribution in [0.25, 0.3) is 0 Å². The molecule has 1 aliphatic heterocycles. The maximum absolute atomic E-state index is 5.89. The van der Waals surface area contributed by atoms with Gasteiger partial charge in [0.05, 0.1) is 13.2 Å². The molecule has 118 valence electrons. The predicted octanol–water partition coefficient (Wildman–Crippen LogP) is 3.87. The maximum atomic E-state index is 5.89. The Labute approximate surface area is 136 Å². The van der Waals surface area contributed by atoms with Gasteiger partial charge in [-0.3, -0.25) is 0 Å². The molecule has 1 saturated heterocycles. The van der Waals surface area contributed by atoms with Crippen LogP contribution in [0.2, 0.25) is 0 Å². The lowest BCUT2D eigenvalue weighted by atomic mass is 9.84. The third-order valence-electron chi connectivity index (χ3n) is 3.93. The van der Waals surface area contributed by atoms with Crippen molar-refractivity contribution >= 4 is 15.9 Å². The molecule has 0 spiro atoms. The molecule has 0 radical (unpaired) electrons. The third kappa shape index (κ3) is 5.61. The van der Waals surface area contributed by atoms with Gasteiger partial charge in [0.1, 0.15) is 5.75 Å². The zero-order valence-corrected chi connectivity index (χ0v) is 14.6.